The topological polar surface area (TPSA) is 64.6 Å². The summed E-state index contributed by atoms with van der Waals surface area (Å²) in [4.78, 5) is 11.9. The van der Waals surface area contributed by atoms with Crippen LogP contribution in [0.2, 0.25) is 0 Å². The van der Waals surface area contributed by atoms with Crippen LogP contribution in [-0.2, 0) is 13.8 Å². The van der Waals surface area contributed by atoms with Gasteiger partial charge in [0.25, 0.3) is 0 Å². The molecule has 1 aliphatic rings. The van der Waals surface area contributed by atoms with E-state index in [2.05, 4.69) is 5.32 Å². The zero-order chi connectivity index (χ0) is 15.2. The number of hydrogen-bond donors (Lipinski definition) is 1. The van der Waals surface area contributed by atoms with Crippen LogP contribution >= 0.6 is 8.03 Å². The van der Waals surface area contributed by atoms with Crippen LogP contribution in [0.5, 0.6) is 0 Å². The average molecular weight is 305 g/mol. The van der Waals surface area contributed by atoms with E-state index >= 15 is 0 Å². The number of rotatable bonds is 5. The minimum Gasteiger partial charge on any atom is -0.444 e. The Kier molecular flexibility index (Phi) is 7.04. The van der Waals surface area contributed by atoms with Gasteiger partial charge >= 0.3 is 6.09 Å². The Labute approximate surface area is 122 Å². The zero-order valence-corrected chi connectivity index (χ0v) is 14.0. The normalized spacial score (nSPS) is 20.2. The molecule has 0 saturated heterocycles. The summed E-state index contributed by atoms with van der Waals surface area (Å²) in [7, 11) is -0.633. The van der Waals surface area contributed by atoms with Gasteiger partial charge in [0.05, 0.1) is 0 Å². The molecule has 1 saturated carbocycles. The Bertz CT molecular complexity index is 335. The van der Waals surface area contributed by atoms with E-state index in [1.807, 2.05) is 20.8 Å². The first kappa shape index (κ1) is 17.5. The van der Waals surface area contributed by atoms with E-state index in [-0.39, 0.29) is 6.04 Å². The maximum Gasteiger partial charge on any atom is 0.407 e. The van der Waals surface area contributed by atoms with Gasteiger partial charge in [0, 0.05) is 19.3 Å². The Morgan fingerprint density at radius 3 is 2.40 bits per heavy atom. The molecule has 0 heterocycles. The van der Waals surface area contributed by atoms with Crippen molar-refractivity contribution in [1.29, 1.82) is 0 Å². The highest BCUT2D eigenvalue weighted by atomic mass is 31.1. The smallest absolute Gasteiger partial charge is 0.407 e. The lowest BCUT2D eigenvalue weighted by molar-refractivity contribution is 0.0485. The second kappa shape index (κ2) is 8.04. The van der Waals surface area contributed by atoms with Crippen molar-refractivity contribution < 1.29 is 18.6 Å². The minimum atomic E-state index is -2.08. The van der Waals surface area contributed by atoms with Crippen LogP contribution < -0.4 is 5.32 Å². The molecule has 0 spiro atoms. The molecular weight excluding hydrogens is 277 g/mol. The molecule has 1 N–H and O–H groups in total. The van der Waals surface area contributed by atoms with E-state index in [0.717, 1.165) is 12.8 Å². The second-order valence-corrected chi connectivity index (χ2v) is 7.99. The van der Waals surface area contributed by atoms with Gasteiger partial charge in [-0.25, -0.2) is 4.79 Å². The molecule has 1 amide bonds. The van der Waals surface area contributed by atoms with Crippen LogP contribution in [0.4, 0.5) is 4.79 Å². The van der Waals surface area contributed by atoms with E-state index in [9.17, 15) is 9.36 Å². The maximum atomic E-state index is 11.9. The summed E-state index contributed by atoms with van der Waals surface area (Å²) in [5, 5.41) is 2.89. The van der Waals surface area contributed by atoms with Crippen molar-refractivity contribution in [2.45, 2.75) is 64.5 Å². The van der Waals surface area contributed by atoms with Crippen LogP contribution in [0.1, 0.15) is 52.9 Å². The molecule has 0 aromatic rings. The number of carbonyl (C=O) groups excluding carboxylic acids is 1. The highest BCUT2D eigenvalue weighted by Gasteiger charge is 2.28. The molecule has 1 fully saturated rings. The molecule has 20 heavy (non-hydrogen) atoms. The van der Waals surface area contributed by atoms with Crippen molar-refractivity contribution in [3.63, 3.8) is 0 Å². The molecule has 6 heteroatoms. The van der Waals surface area contributed by atoms with Gasteiger partial charge in [-0.3, -0.25) is 4.57 Å². The molecule has 1 aliphatic carbocycles. The van der Waals surface area contributed by atoms with E-state index < -0.39 is 19.7 Å². The molecule has 0 aromatic carbocycles. The third-order valence-corrected chi connectivity index (χ3v) is 4.76. The fourth-order valence-corrected chi connectivity index (χ4v) is 3.56. The molecule has 0 radical (unpaired) electrons. The highest BCUT2D eigenvalue weighted by Crippen LogP contribution is 2.31. The molecule has 0 bridgehead atoms. The van der Waals surface area contributed by atoms with Crippen molar-refractivity contribution in [2.75, 3.05) is 13.3 Å². The maximum absolute atomic E-state index is 11.9. The molecule has 2 unspecified atom stereocenters. The first-order valence-electron chi connectivity index (χ1n) is 7.38. The van der Waals surface area contributed by atoms with Crippen molar-refractivity contribution in [3.8, 4) is 0 Å². The van der Waals surface area contributed by atoms with Crippen molar-refractivity contribution >= 4 is 14.1 Å². The van der Waals surface area contributed by atoms with Crippen LogP contribution in [-0.4, -0.2) is 31.0 Å². The molecule has 118 valence electrons. The number of hydrogen-bond acceptors (Lipinski definition) is 4. The molecular formula is C14H28NO4P. The summed E-state index contributed by atoms with van der Waals surface area (Å²) < 4.78 is 21.9. The van der Waals surface area contributed by atoms with E-state index in [0.29, 0.717) is 12.1 Å². The van der Waals surface area contributed by atoms with Crippen LogP contribution in [0, 0.1) is 5.92 Å². The summed E-state index contributed by atoms with van der Waals surface area (Å²) >= 11 is 0. The lowest BCUT2D eigenvalue weighted by Crippen LogP contribution is -2.45. The van der Waals surface area contributed by atoms with Crippen molar-refractivity contribution in [2.24, 2.45) is 5.92 Å². The standard InChI is InChI=1S/C14H28NO4P/c1-14(2,3)19-13(16)15-12(10-20(17)18-4)11-8-6-5-7-9-11/h11-12,20H,5-10H2,1-4H3,(H,15,16). The third-order valence-electron chi connectivity index (χ3n) is 3.54. The Balaban J connectivity index is 2.61. The summed E-state index contributed by atoms with van der Waals surface area (Å²) in [6.07, 6.45) is 5.69. The SMILES string of the molecule is CO[PH](=O)CC(NC(=O)OC(C)(C)C)C1CCCCC1. The van der Waals surface area contributed by atoms with E-state index in [4.69, 9.17) is 9.26 Å². The average Bonchev–Trinajstić information content (AvgIpc) is 2.36. The monoisotopic (exact) mass is 305 g/mol. The lowest BCUT2D eigenvalue weighted by Gasteiger charge is -2.31. The molecule has 0 aliphatic heterocycles. The van der Waals surface area contributed by atoms with Gasteiger partial charge in [-0.1, -0.05) is 19.3 Å². The van der Waals surface area contributed by atoms with Crippen LogP contribution in [0.3, 0.4) is 0 Å². The number of carbonyl (C=O) groups is 1. The van der Waals surface area contributed by atoms with E-state index in [1.54, 1.807) is 0 Å². The zero-order valence-electron chi connectivity index (χ0n) is 13.0. The summed E-state index contributed by atoms with van der Waals surface area (Å²) in [5.41, 5.74) is -0.520. The Morgan fingerprint density at radius 1 is 1.30 bits per heavy atom. The third kappa shape index (κ3) is 6.76. The lowest BCUT2D eigenvalue weighted by atomic mass is 9.84. The van der Waals surface area contributed by atoms with Gasteiger partial charge in [-0.05, 0) is 39.5 Å². The fraction of sp³-hybridized carbons (Fsp3) is 0.929. The number of ether oxygens (including phenoxy) is 1. The quantitative estimate of drug-likeness (QED) is 0.788. The largest absolute Gasteiger partial charge is 0.444 e. The van der Waals surface area contributed by atoms with Crippen molar-refractivity contribution in [1.82, 2.24) is 5.32 Å². The molecule has 1 rings (SSSR count). The first-order chi connectivity index (χ1) is 9.31. The van der Waals surface area contributed by atoms with Gasteiger partial charge in [-0.2, -0.15) is 0 Å². The second-order valence-electron chi connectivity index (χ2n) is 6.43. The van der Waals surface area contributed by atoms with Gasteiger partial charge in [-0.15, -0.1) is 0 Å². The molecule has 0 aromatic heterocycles. The van der Waals surface area contributed by atoms with Crippen molar-refractivity contribution in [3.05, 3.63) is 0 Å². The van der Waals surface area contributed by atoms with Gasteiger partial charge < -0.3 is 14.6 Å². The summed E-state index contributed by atoms with van der Waals surface area (Å²) in [6, 6.07) is -0.114. The van der Waals surface area contributed by atoms with Crippen LogP contribution in [0.25, 0.3) is 0 Å². The number of nitrogens with one attached hydrogen (secondary N) is 1. The van der Waals surface area contributed by atoms with Gasteiger partial charge in [0.2, 0.25) is 0 Å². The first-order valence-corrected chi connectivity index (χ1v) is 8.90. The fourth-order valence-electron chi connectivity index (χ4n) is 2.59. The Morgan fingerprint density at radius 2 is 1.90 bits per heavy atom. The predicted molar refractivity (Wildman–Crippen MR) is 80.6 cm³/mol. The minimum absolute atomic E-state index is 0.114. The highest BCUT2D eigenvalue weighted by molar-refractivity contribution is 7.39. The predicted octanol–water partition coefficient (Wildman–Crippen LogP) is 3.58. The Hall–Kier alpha value is -0.540. The number of alkyl carbamates (subject to hydrolysis) is 1. The number of amides is 1. The van der Waals surface area contributed by atoms with Crippen LogP contribution in [0.15, 0.2) is 0 Å². The van der Waals surface area contributed by atoms with E-state index in [1.165, 1.54) is 26.4 Å². The van der Waals surface area contributed by atoms with Gasteiger partial charge in [0.15, 0.2) is 8.03 Å². The molecule has 2 atom stereocenters. The molecule has 5 nitrogen and oxygen atoms in total. The van der Waals surface area contributed by atoms with Gasteiger partial charge in [0.1, 0.15) is 5.60 Å². The summed E-state index contributed by atoms with van der Waals surface area (Å²) in [5.74, 6) is 0.375. The summed E-state index contributed by atoms with van der Waals surface area (Å²) in [6.45, 7) is 5.50.